The smallest absolute Gasteiger partial charge is 0.182 e. The molecule has 0 spiro atoms. The first-order chi connectivity index (χ1) is 9.49. The van der Waals surface area contributed by atoms with Crippen LogP contribution in [-0.4, -0.2) is 25.6 Å². The third-order valence-corrected chi connectivity index (χ3v) is 3.19. The number of benzene rings is 1. The molecule has 2 nitrogen and oxygen atoms in total. The lowest BCUT2D eigenvalue weighted by atomic mass is 10.3. The summed E-state index contributed by atoms with van der Waals surface area (Å²) < 4.78 is 50.2. The van der Waals surface area contributed by atoms with Crippen molar-refractivity contribution in [3.8, 4) is 11.5 Å². The highest BCUT2D eigenvalue weighted by atomic mass is 32.1. The van der Waals surface area contributed by atoms with Crippen molar-refractivity contribution in [3.63, 3.8) is 0 Å². The first-order valence-corrected chi connectivity index (χ1v) is 6.99. The van der Waals surface area contributed by atoms with Crippen LogP contribution in [0.3, 0.4) is 0 Å². The van der Waals surface area contributed by atoms with Crippen molar-refractivity contribution in [1.29, 1.82) is 0 Å². The number of hydrogen-bond donors (Lipinski definition) is 1. The average Bonchev–Trinajstić information content (AvgIpc) is 2.46. The summed E-state index contributed by atoms with van der Waals surface area (Å²) in [6.45, 7) is 2.98. The van der Waals surface area contributed by atoms with Gasteiger partial charge in [-0.1, -0.05) is 13.8 Å². The van der Waals surface area contributed by atoms with Crippen molar-refractivity contribution in [1.82, 2.24) is 0 Å². The van der Waals surface area contributed by atoms with Gasteiger partial charge >= 0.3 is 0 Å². The fourth-order valence-corrected chi connectivity index (χ4v) is 1.60. The summed E-state index contributed by atoms with van der Waals surface area (Å²) in [6.07, 6.45) is -1.64. The van der Waals surface area contributed by atoms with Crippen LogP contribution in [-0.2, 0) is 0 Å². The van der Waals surface area contributed by atoms with E-state index in [0.29, 0.717) is 12.8 Å². The Labute approximate surface area is 122 Å². The summed E-state index contributed by atoms with van der Waals surface area (Å²) in [5, 5.41) is 0. The number of hydrogen-bond acceptors (Lipinski definition) is 3. The molecule has 20 heavy (non-hydrogen) atoms. The van der Waals surface area contributed by atoms with E-state index in [1.807, 2.05) is 0 Å². The van der Waals surface area contributed by atoms with Gasteiger partial charge in [0.1, 0.15) is 31.3 Å². The highest BCUT2D eigenvalue weighted by molar-refractivity contribution is 7.80. The zero-order valence-electron chi connectivity index (χ0n) is 11.5. The normalized spacial score (nSPS) is 13.9. The Bertz CT molecular complexity index is 390. The summed E-state index contributed by atoms with van der Waals surface area (Å²) in [7, 11) is 0. The standard InChI is InChI=1S/C14H19F3O2S/c1-3-9(15)7-18-11-5-6-12(14(20)13(11)17)19-8-10(16)4-2/h5-6,9-10,20H,3-4,7-8H2,1-2H3. The second-order valence-electron chi connectivity index (χ2n) is 4.36. The molecule has 0 amide bonds. The van der Waals surface area contributed by atoms with Crippen molar-refractivity contribution in [3.05, 3.63) is 17.9 Å². The Morgan fingerprint density at radius 1 is 1.00 bits per heavy atom. The van der Waals surface area contributed by atoms with Gasteiger partial charge in [0.2, 0.25) is 0 Å². The van der Waals surface area contributed by atoms with Gasteiger partial charge in [0.25, 0.3) is 0 Å². The van der Waals surface area contributed by atoms with E-state index < -0.39 is 18.2 Å². The lowest BCUT2D eigenvalue weighted by Crippen LogP contribution is -2.13. The molecule has 2 atom stereocenters. The summed E-state index contributed by atoms with van der Waals surface area (Å²) in [5.74, 6) is -0.687. The summed E-state index contributed by atoms with van der Waals surface area (Å²) in [5.41, 5.74) is 0. The van der Waals surface area contributed by atoms with Crippen molar-refractivity contribution in [2.75, 3.05) is 13.2 Å². The summed E-state index contributed by atoms with van der Waals surface area (Å²) in [6, 6.07) is 2.76. The van der Waals surface area contributed by atoms with Crippen LogP contribution < -0.4 is 9.47 Å². The van der Waals surface area contributed by atoms with E-state index in [1.54, 1.807) is 13.8 Å². The number of rotatable bonds is 8. The zero-order chi connectivity index (χ0) is 15.1. The van der Waals surface area contributed by atoms with Gasteiger partial charge in [-0.15, -0.1) is 12.6 Å². The van der Waals surface area contributed by atoms with Crippen LogP contribution >= 0.6 is 12.6 Å². The van der Waals surface area contributed by atoms with Gasteiger partial charge in [-0.3, -0.25) is 0 Å². The van der Waals surface area contributed by atoms with Gasteiger partial charge in [-0.2, -0.15) is 0 Å². The molecule has 0 aromatic heterocycles. The Balaban J connectivity index is 2.71. The average molecular weight is 308 g/mol. The van der Waals surface area contributed by atoms with Crippen molar-refractivity contribution in [2.24, 2.45) is 0 Å². The predicted molar refractivity (Wildman–Crippen MR) is 75.0 cm³/mol. The fourth-order valence-electron chi connectivity index (χ4n) is 1.35. The molecule has 0 aliphatic heterocycles. The van der Waals surface area contributed by atoms with Crippen molar-refractivity contribution < 1.29 is 22.6 Å². The molecular formula is C14H19F3O2S. The molecular weight excluding hydrogens is 289 g/mol. The Kier molecular flexibility index (Phi) is 7.05. The molecule has 6 heteroatoms. The van der Waals surface area contributed by atoms with Crippen LogP contribution in [0.4, 0.5) is 13.2 Å². The quantitative estimate of drug-likeness (QED) is 0.719. The number of alkyl halides is 2. The van der Waals surface area contributed by atoms with Crippen LogP contribution in [0.1, 0.15) is 26.7 Å². The van der Waals surface area contributed by atoms with Crippen LogP contribution in [0, 0.1) is 5.82 Å². The molecule has 0 N–H and O–H groups in total. The van der Waals surface area contributed by atoms with Crippen LogP contribution in [0.15, 0.2) is 17.0 Å². The molecule has 0 aliphatic carbocycles. The molecule has 0 bridgehead atoms. The van der Waals surface area contributed by atoms with Crippen molar-refractivity contribution in [2.45, 2.75) is 43.9 Å². The van der Waals surface area contributed by atoms with E-state index >= 15 is 0 Å². The Hall–Kier alpha value is -1.04. The molecule has 1 aromatic rings. The number of thiol groups is 1. The molecule has 0 aliphatic rings. The summed E-state index contributed by atoms with van der Waals surface area (Å²) in [4.78, 5) is -0.0716. The molecule has 1 aromatic carbocycles. The third kappa shape index (κ3) is 4.81. The first kappa shape index (κ1) is 17.0. The minimum absolute atomic E-state index is 0.0716. The van der Waals surface area contributed by atoms with Crippen LogP contribution in [0.5, 0.6) is 11.5 Å². The topological polar surface area (TPSA) is 18.5 Å². The molecule has 0 saturated heterocycles. The lowest BCUT2D eigenvalue weighted by molar-refractivity contribution is 0.179. The SMILES string of the molecule is CCC(F)COc1ccc(OCC(F)CC)c(S)c1F. The van der Waals surface area contributed by atoms with Crippen LogP contribution in [0.25, 0.3) is 0 Å². The summed E-state index contributed by atoms with van der Waals surface area (Å²) >= 11 is 3.98. The minimum atomic E-state index is -1.15. The van der Waals surface area contributed by atoms with E-state index in [2.05, 4.69) is 12.6 Å². The number of halogens is 3. The van der Waals surface area contributed by atoms with Gasteiger partial charge in [-0.25, -0.2) is 13.2 Å². The highest BCUT2D eigenvalue weighted by Gasteiger charge is 2.15. The fraction of sp³-hybridized carbons (Fsp3) is 0.571. The number of ether oxygens (including phenoxy) is 2. The van der Waals surface area contributed by atoms with Gasteiger partial charge < -0.3 is 9.47 Å². The molecule has 0 heterocycles. The Morgan fingerprint density at radius 3 is 1.95 bits per heavy atom. The van der Waals surface area contributed by atoms with Gasteiger partial charge in [0, 0.05) is 0 Å². The molecule has 0 saturated carbocycles. The largest absolute Gasteiger partial charge is 0.489 e. The molecule has 0 radical (unpaired) electrons. The third-order valence-electron chi connectivity index (χ3n) is 2.77. The first-order valence-electron chi connectivity index (χ1n) is 6.54. The second-order valence-corrected chi connectivity index (χ2v) is 4.80. The van der Waals surface area contributed by atoms with Gasteiger partial charge in [0.15, 0.2) is 11.6 Å². The van der Waals surface area contributed by atoms with Gasteiger partial charge in [-0.05, 0) is 25.0 Å². The maximum absolute atomic E-state index is 13.9. The van der Waals surface area contributed by atoms with Crippen molar-refractivity contribution >= 4 is 12.6 Å². The highest BCUT2D eigenvalue weighted by Crippen LogP contribution is 2.32. The van der Waals surface area contributed by atoms with E-state index in [1.165, 1.54) is 12.1 Å². The van der Waals surface area contributed by atoms with Gasteiger partial charge in [0.05, 0.1) is 4.90 Å². The van der Waals surface area contributed by atoms with E-state index in [-0.39, 0.29) is 29.6 Å². The van der Waals surface area contributed by atoms with E-state index in [4.69, 9.17) is 9.47 Å². The molecule has 0 fully saturated rings. The second kappa shape index (κ2) is 8.29. The molecule has 1 rings (SSSR count). The zero-order valence-corrected chi connectivity index (χ0v) is 12.4. The lowest BCUT2D eigenvalue weighted by Gasteiger charge is -2.14. The minimum Gasteiger partial charge on any atom is -0.489 e. The molecule has 114 valence electrons. The monoisotopic (exact) mass is 308 g/mol. The maximum Gasteiger partial charge on any atom is 0.182 e. The van der Waals surface area contributed by atoms with E-state index in [9.17, 15) is 13.2 Å². The Morgan fingerprint density at radius 2 is 1.45 bits per heavy atom. The van der Waals surface area contributed by atoms with E-state index in [0.717, 1.165) is 0 Å². The maximum atomic E-state index is 13.9. The molecule has 2 unspecified atom stereocenters. The van der Waals surface area contributed by atoms with Crippen LogP contribution in [0.2, 0.25) is 0 Å². The predicted octanol–water partition coefficient (Wildman–Crippen LogP) is 4.37.